The van der Waals surface area contributed by atoms with Crippen LogP contribution in [-0.4, -0.2) is 21.2 Å². The Morgan fingerprint density at radius 1 is 0.931 bits per heavy atom. The molecule has 2 aromatic carbocycles. The lowest BCUT2D eigenvalue weighted by atomic mass is 10.1. The molecule has 0 amide bonds. The first kappa shape index (κ1) is 20.7. The molecule has 0 unspecified atom stereocenters. The summed E-state index contributed by atoms with van der Waals surface area (Å²) in [6.45, 7) is 9.88. The summed E-state index contributed by atoms with van der Waals surface area (Å²) < 4.78 is 7.01. The lowest BCUT2D eigenvalue weighted by Gasteiger charge is -2.20. The summed E-state index contributed by atoms with van der Waals surface area (Å²) >= 11 is 0. The van der Waals surface area contributed by atoms with Crippen molar-refractivity contribution in [3.8, 4) is 0 Å². The molecule has 0 spiro atoms. The van der Waals surface area contributed by atoms with E-state index in [0.29, 0.717) is 0 Å². The van der Waals surface area contributed by atoms with Crippen LogP contribution in [-0.2, 0) is 17.6 Å². The van der Waals surface area contributed by atoms with Crippen LogP contribution in [0.15, 0.2) is 60.9 Å². The fourth-order valence-corrected chi connectivity index (χ4v) is 3.46. The van der Waals surface area contributed by atoms with Crippen molar-refractivity contribution >= 4 is 27.9 Å². The highest BCUT2D eigenvalue weighted by atomic mass is 16.6. The van der Waals surface area contributed by atoms with Crippen LogP contribution < -0.4 is 0 Å². The van der Waals surface area contributed by atoms with Gasteiger partial charge in [0.25, 0.3) is 0 Å². The number of carbonyl (C=O) groups excluding carboxylic acids is 1. The molecule has 0 bridgehead atoms. The van der Waals surface area contributed by atoms with E-state index in [-0.39, 0.29) is 6.09 Å². The van der Waals surface area contributed by atoms with Gasteiger partial charge in [0.05, 0.1) is 5.52 Å². The highest BCUT2D eigenvalue weighted by Gasteiger charge is 2.19. The zero-order valence-corrected chi connectivity index (χ0v) is 18.0. The van der Waals surface area contributed by atoms with Crippen molar-refractivity contribution in [3.05, 3.63) is 72.1 Å². The Labute approximate surface area is 172 Å². The van der Waals surface area contributed by atoms with Crippen LogP contribution in [0.1, 0.15) is 45.7 Å². The lowest BCUT2D eigenvalue weighted by Crippen LogP contribution is -2.26. The first-order valence-corrected chi connectivity index (χ1v) is 10.2. The zero-order chi connectivity index (χ0) is 21.0. The maximum absolute atomic E-state index is 12.1. The largest absolute Gasteiger partial charge is 0.443 e. The van der Waals surface area contributed by atoms with E-state index in [1.165, 1.54) is 16.5 Å². The summed E-state index contributed by atoms with van der Waals surface area (Å²) in [6, 6.07) is 16.5. The number of nitrogens with zero attached hydrogens (tertiary/aromatic N) is 1. The molecule has 0 aliphatic carbocycles. The highest BCUT2D eigenvalue weighted by Crippen LogP contribution is 2.22. The lowest BCUT2D eigenvalue weighted by molar-refractivity contribution is 0.0544. The Kier molecular flexibility index (Phi) is 6.12. The average molecular weight is 391 g/mol. The predicted octanol–water partition coefficient (Wildman–Crippen LogP) is 6.72. The predicted molar refractivity (Wildman–Crippen MR) is 121 cm³/mol. The Morgan fingerprint density at radius 2 is 1.59 bits per heavy atom. The van der Waals surface area contributed by atoms with Crippen molar-refractivity contribution in [2.24, 2.45) is 0 Å². The second kappa shape index (κ2) is 8.56. The van der Waals surface area contributed by atoms with Gasteiger partial charge in [-0.3, -0.25) is 4.57 Å². The Balaban J connectivity index is 0.000000186. The van der Waals surface area contributed by atoms with Crippen LogP contribution >= 0.6 is 0 Å². The summed E-state index contributed by atoms with van der Waals surface area (Å²) in [5.41, 5.74) is 4.31. The summed E-state index contributed by atoms with van der Waals surface area (Å²) in [7, 11) is 0. The fourth-order valence-electron chi connectivity index (χ4n) is 3.46. The van der Waals surface area contributed by atoms with Gasteiger partial charge in [0.2, 0.25) is 0 Å². The number of hydrogen-bond donors (Lipinski definition) is 1. The maximum Gasteiger partial charge on any atom is 0.418 e. The minimum Gasteiger partial charge on any atom is -0.443 e. The van der Waals surface area contributed by atoms with Crippen LogP contribution in [0.2, 0.25) is 0 Å². The van der Waals surface area contributed by atoms with Crippen molar-refractivity contribution in [1.82, 2.24) is 9.55 Å². The van der Waals surface area contributed by atoms with Crippen molar-refractivity contribution in [1.29, 1.82) is 0 Å². The van der Waals surface area contributed by atoms with Crippen LogP contribution in [0, 0.1) is 0 Å². The third kappa shape index (κ3) is 4.70. The Hall–Kier alpha value is -3.01. The van der Waals surface area contributed by atoms with Gasteiger partial charge in [-0.05, 0) is 62.3 Å². The van der Waals surface area contributed by atoms with Crippen molar-refractivity contribution in [2.45, 2.75) is 53.1 Å². The summed E-state index contributed by atoms with van der Waals surface area (Å²) in [6.07, 6.45) is 5.43. The number of nitrogens with one attached hydrogen (secondary N) is 1. The minimum absolute atomic E-state index is 0.321. The van der Waals surface area contributed by atoms with Gasteiger partial charge < -0.3 is 9.72 Å². The summed E-state index contributed by atoms with van der Waals surface area (Å²) in [5, 5.41) is 2.38. The number of aromatic amines is 1. The summed E-state index contributed by atoms with van der Waals surface area (Å²) in [5.74, 6) is 0. The van der Waals surface area contributed by atoms with Crippen LogP contribution in [0.3, 0.4) is 0 Å². The van der Waals surface area contributed by atoms with Gasteiger partial charge in [-0.1, -0.05) is 50.2 Å². The number of hydrogen-bond acceptors (Lipinski definition) is 2. The number of para-hydroxylation sites is 2. The van der Waals surface area contributed by atoms with Gasteiger partial charge in [0, 0.05) is 23.3 Å². The van der Waals surface area contributed by atoms with E-state index >= 15 is 0 Å². The molecule has 0 fully saturated rings. The van der Waals surface area contributed by atoms with E-state index in [1.807, 2.05) is 51.2 Å². The molecule has 0 saturated carbocycles. The van der Waals surface area contributed by atoms with E-state index in [4.69, 9.17) is 4.74 Å². The van der Waals surface area contributed by atoms with Crippen LogP contribution in [0.25, 0.3) is 21.8 Å². The monoisotopic (exact) mass is 390 g/mol. The molecule has 2 heterocycles. The van der Waals surface area contributed by atoms with E-state index in [9.17, 15) is 4.79 Å². The highest BCUT2D eigenvalue weighted by molar-refractivity contribution is 5.91. The molecule has 152 valence electrons. The number of fused-ring (bicyclic) bond motifs is 2. The second-order valence-electron chi connectivity index (χ2n) is 8.09. The molecule has 4 aromatic rings. The number of rotatable bonds is 2. The molecular weight excluding hydrogens is 360 g/mol. The molecule has 2 aromatic heterocycles. The molecule has 0 aliphatic heterocycles. The topological polar surface area (TPSA) is 47.0 Å². The molecular formula is C25H30N2O2. The van der Waals surface area contributed by atoms with Gasteiger partial charge in [0.1, 0.15) is 5.60 Å². The number of carbonyl (C=O) groups is 1. The van der Waals surface area contributed by atoms with Crippen molar-refractivity contribution in [2.75, 3.05) is 0 Å². The number of aromatic nitrogens is 2. The van der Waals surface area contributed by atoms with Gasteiger partial charge >= 0.3 is 6.09 Å². The smallest absolute Gasteiger partial charge is 0.418 e. The molecule has 29 heavy (non-hydrogen) atoms. The molecule has 4 heteroatoms. The van der Waals surface area contributed by atoms with Crippen molar-refractivity contribution in [3.63, 3.8) is 0 Å². The summed E-state index contributed by atoms with van der Waals surface area (Å²) in [4.78, 5) is 15.4. The molecule has 0 saturated heterocycles. The standard InChI is InChI=1S/C15H19NO2.C10H11N/c1-5-11-7-6-8-12-9-10-16(13(11)12)14(17)18-15(2,3)4;1-2-8-4-3-5-9-6-7-11-10(8)9/h6-10H,5H2,1-4H3;3-7,11H,2H2,1H3. The van der Waals surface area contributed by atoms with E-state index in [2.05, 4.69) is 43.1 Å². The number of H-pyrrole nitrogens is 1. The average Bonchev–Trinajstić information content (AvgIpc) is 3.33. The van der Waals surface area contributed by atoms with E-state index in [0.717, 1.165) is 29.3 Å². The number of ether oxygens (including phenoxy) is 1. The molecule has 4 nitrogen and oxygen atoms in total. The molecule has 1 N–H and O–H groups in total. The van der Waals surface area contributed by atoms with Crippen LogP contribution in [0.5, 0.6) is 0 Å². The van der Waals surface area contributed by atoms with Crippen molar-refractivity contribution < 1.29 is 9.53 Å². The Bertz CT molecular complexity index is 1110. The number of benzene rings is 2. The SMILES string of the molecule is CCc1cccc2cc[nH]c12.CCc1cccc2ccn(C(=O)OC(C)(C)C)c12. The molecule has 0 radical (unpaired) electrons. The third-order valence-corrected chi connectivity index (χ3v) is 4.82. The quantitative estimate of drug-likeness (QED) is 0.413. The fraction of sp³-hybridized carbons (Fsp3) is 0.320. The van der Waals surface area contributed by atoms with E-state index in [1.54, 1.807) is 10.8 Å². The maximum atomic E-state index is 12.1. The first-order valence-electron chi connectivity index (χ1n) is 10.2. The van der Waals surface area contributed by atoms with Gasteiger partial charge in [-0.25, -0.2) is 4.79 Å². The second-order valence-corrected chi connectivity index (χ2v) is 8.09. The first-order chi connectivity index (χ1) is 13.8. The Morgan fingerprint density at radius 3 is 2.24 bits per heavy atom. The molecule has 0 atom stereocenters. The zero-order valence-electron chi connectivity index (χ0n) is 18.0. The third-order valence-electron chi connectivity index (χ3n) is 4.82. The van der Waals surface area contributed by atoms with E-state index < -0.39 is 5.60 Å². The molecule has 0 aliphatic rings. The van der Waals surface area contributed by atoms with Gasteiger partial charge in [-0.2, -0.15) is 0 Å². The van der Waals surface area contributed by atoms with Gasteiger partial charge in [0.15, 0.2) is 0 Å². The van der Waals surface area contributed by atoms with Crippen LogP contribution in [0.4, 0.5) is 4.79 Å². The normalized spacial score (nSPS) is 11.3. The van der Waals surface area contributed by atoms with Gasteiger partial charge in [-0.15, -0.1) is 0 Å². The minimum atomic E-state index is -0.477. The molecule has 4 rings (SSSR count). The number of aryl methyl sites for hydroxylation is 2.